The molecule has 3 N–H and O–H groups in total. The summed E-state index contributed by atoms with van der Waals surface area (Å²) >= 11 is 4.84. The molecule has 1 unspecified atom stereocenters. The molecule has 0 spiro atoms. The van der Waals surface area contributed by atoms with Crippen molar-refractivity contribution in [2.45, 2.75) is 6.10 Å². The highest BCUT2D eigenvalue weighted by Gasteiger charge is 2.15. The van der Waals surface area contributed by atoms with Crippen LogP contribution in [0.3, 0.4) is 0 Å². The molecule has 1 aromatic rings. The van der Waals surface area contributed by atoms with Crippen molar-refractivity contribution < 1.29 is 14.6 Å². The third-order valence-corrected chi connectivity index (χ3v) is 2.84. The van der Waals surface area contributed by atoms with Gasteiger partial charge in [0.05, 0.1) is 12.7 Å². The lowest BCUT2D eigenvalue weighted by Crippen LogP contribution is -2.36. The molecule has 1 rings (SSSR count). The van der Waals surface area contributed by atoms with E-state index in [1.54, 1.807) is 31.3 Å². The quantitative estimate of drug-likeness (QED) is 0.739. The Morgan fingerprint density at radius 1 is 1.42 bits per heavy atom. The summed E-state index contributed by atoms with van der Waals surface area (Å²) in [5.41, 5.74) is 6.72. The summed E-state index contributed by atoms with van der Waals surface area (Å²) in [6, 6.07) is 6.73. The number of hydrogen-bond donors (Lipinski definition) is 2. The van der Waals surface area contributed by atoms with Crippen LogP contribution in [0, 0.1) is 0 Å². The standard InChI is InChI=1S/C13H18N2O3S/c1-15(7-11(16)8-18-2)13(17)10-5-3-9(4-6-10)12(14)19/h3-6,11,16H,7-8H2,1-2H3,(H2,14,19). The minimum atomic E-state index is -0.699. The molecule has 0 fully saturated rings. The number of thiocarbonyl (C=S) groups is 1. The normalized spacial score (nSPS) is 11.9. The van der Waals surface area contributed by atoms with Gasteiger partial charge in [-0.3, -0.25) is 4.79 Å². The lowest BCUT2D eigenvalue weighted by atomic mass is 10.1. The second-order valence-electron chi connectivity index (χ2n) is 4.24. The summed E-state index contributed by atoms with van der Waals surface area (Å²) in [7, 11) is 3.13. The number of rotatable bonds is 6. The topological polar surface area (TPSA) is 75.8 Å². The first-order valence-corrected chi connectivity index (χ1v) is 6.19. The number of nitrogens with zero attached hydrogens (tertiary/aromatic N) is 1. The zero-order valence-corrected chi connectivity index (χ0v) is 11.8. The molecule has 0 aliphatic heterocycles. The number of amides is 1. The van der Waals surface area contributed by atoms with Crippen molar-refractivity contribution in [3.05, 3.63) is 35.4 Å². The van der Waals surface area contributed by atoms with Crippen molar-refractivity contribution >= 4 is 23.1 Å². The number of hydrogen-bond acceptors (Lipinski definition) is 4. The molecule has 0 saturated heterocycles. The third-order valence-electron chi connectivity index (χ3n) is 2.61. The fourth-order valence-electron chi connectivity index (χ4n) is 1.64. The minimum Gasteiger partial charge on any atom is -0.389 e. The third kappa shape index (κ3) is 4.59. The van der Waals surface area contributed by atoms with Crippen LogP contribution < -0.4 is 5.73 Å². The van der Waals surface area contributed by atoms with E-state index in [2.05, 4.69) is 0 Å². The van der Waals surface area contributed by atoms with Crippen LogP contribution in [-0.2, 0) is 4.74 Å². The summed E-state index contributed by atoms with van der Waals surface area (Å²) in [6.45, 7) is 0.404. The van der Waals surface area contributed by atoms with Crippen molar-refractivity contribution in [1.29, 1.82) is 0 Å². The van der Waals surface area contributed by atoms with Gasteiger partial charge in [0, 0.05) is 31.8 Å². The Morgan fingerprint density at radius 3 is 2.42 bits per heavy atom. The Kier molecular flexibility index (Phi) is 5.88. The van der Waals surface area contributed by atoms with Crippen LogP contribution in [0.2, 0.25) is 0 Å². The summed E-state index contributed by atoms with van der Waals surface area (Å²) in [5, 5.41) is 9.58. The summed E-state index contributed by atoms with van der Waals surface area (Å²) in [6.07, 6.45) is -0.699. The molecule has 0 aliphatic rings. The second-order valence-corrected chi connectivity index (χ2v) is 4.68. The highest BCUT2D eigenvalue weighted by Crippen LogP contribution is 2.07. The van der Waals surface area contributed by atoms with Gasteiger partial charge in [0.2, 0.25) is 0 Å². The predicted octanol–water partition coefficient (Wildman–Crippen LogP) is 0.400. The van der Waals surface area contributed by atoms with Crippen molar-refractivity contribution in [1.82, 2.24) is 4.90 Å². The van der Waals surface area contributed by atoms with Crippen LogP contribution in [-0.4, -0.2) is 54.3 Å². The van der Waals surface area contributed by atoms with Crippen LogP contribution in [0.1, 0.15) is 15.9 Å². The molecule has 0 saturated carbocycles. The van der Waals surface area contributed by atoms with E-state index in [0.717, 1.165) is 0 Å². The Balaban J connectivity index is 2.68. The molecule has 104 valence electrons. The Hall–Kier alpha value is -1.50. The average molecular weight is 282 g/mol. The van der Waals surface area contributed by atoms with Gasteiger partial charge >= 0.3 is 0 Å². The number of benzene rings is 1. The van der Waals surface area contributed by atoms with Gasteiger partial charge < -0.3 is 20.5 Å². The van der Waals surface area contributed by atoms with E-state index >= 15 is 0 Å². The Labute approximate surface area is 118 Å². The largest absolute Gasteiger partial charge is 0.389 e. The average Bonchev–Trinajstić information content (AvgIpc) is 2.38. The van der Waals surface area contributed by atoms with E-state index in [0.29, 0.717) is 16.1 Å². The van der Waals surface area contributed by atoms with E-state index in [9.17, 15) is 9.90 Å². The fourth-order valence-corrected chi connectivity index (χ4v) is 1.78. The van der Waals surface area contributed by atoms with Crippen molar-refractivity contribution in [2.75, 3.05) is 27.3 Å². The molecule has 1 amide bonds. The molecule has 5 nitrogen and oxygen atoms in total. The molecular formula is C13H18N2O3S. The number of carbonyl (C=O) groups excluding carboxylic acids is 1. The molecule has 0 heterocycles. The lowest BCUT2D eigenvalue weighted by Gasteiger charge is -2.20. The SMILES string of the molecule is COCC(O)CN(C)C(=O)c1ccc(C(N)=S)cc1. The monoisotopic (exact) mass is 282 g/mol. The van der Waals surface area contributed by atoms with Crippen molar-refractivity contribution in [3.63, 3.8) is 0 Å². The van der Waals surface area contributed by atoms with Gasteiger partial charge in [-0.25, -0.2) is 0 Å². The Bertz CT molecular complexity index is 448. The van der Waals surface area contributed by atoms with Crippen molar-refractivity contribution in [3.8, 4) is 0 Å². The van der Waals surface area contributed by atoms with E-state index in [4.69, 9.17) is 22.7 Å². The molecule has 0 bridgehead atoms. The highest BCUT2D eigenvalue weighted by atomic mass is 32.1. The molecular weight excluding hydrogens is 264 g/mol. The number of aliphatic hydroxyl groups is 1. The van der Waals surface area contributed by atoms with Crippen LogP contribution in [0.4, 0.5) is 0 Å². The second kappa shape index (κ2) is 7.18. The highest BCUT2D eigenvalue weighted by molar-refractivity contribution is 7.80. The van der Waals surface area contributed by atoms with Gasteiger partial charge in [0.25, 0.3) is 5.91 Å². The van der Waals surface area contributed by atoms with Crippen LogP contribution in [0.5, 0.6) is 0 Å². The number of ether oxygens (including phenoxy) is 1. The number of carbonyl (C=O) groups is 1. The first kappa shape index (κ1) is 15.6. The maximum atomic E-state index is 12.1. The summed E-state index contributed by atoms with van der Waals surface area (Å²) < 4.78 is 4.82. The number of nitrogens with two attached hydrogens (primary N) is 1. The minimum absolute atomic E-state index is 0.176. The number of likely N-dealkylation sites (N-methyl/N-ethyl adjacent to an activating group) is 1. The van der Waals surface area contributed by atoms with Gasteiger partial charge in [0.15, 0.2) is 0 Å². The molecule has 19 heavy (non-hydrogen) atoms. The van der Waals surface area contributed by atoms with Gasteiger partial charge in [-0.05, 0) is 12.1 Å². The molecule has 6 heteroatoms. The molecule has 1 atom stereocenters. The van der Waals surface area contributed by atoms with E-state index in [1.165, 1.54) is 12.0 Å². The molecule has 0 aromatic heterocycles. The molecule has 0 radical (unpaired) electrons. The zero-order valence-electron chi connectivity index (χ0n) is 11.0. The predicted molar refractivity (Wildman–Crippen MR) is 77.2 cm³/mol. The fraction of sp³-hybridized carbons (Fsp3) is 0.385. The first-order valence-electron chi connectivity index (χ1n) is 5.78. The van der Waals surface area contributed by atoms with Gasteiger partial charge in [0.1, 0.15) is 4.99 Å². The van der Waals surface area contributed by atoms with Crippen LogP contribution in [0.15, 0.2) is 24.3 Å². The van der Waals surface area contributed by atoms with Crippen LogP contribution in [0.25, 0.3) is 0 Å². The van der Waals surface area contributed by atoms with Crippen molar-refractivity contribution in [2.24, 2.45) is 5.73 Å². The van der Waals surface area contributed by atoms with Gasteiger partial charge in [-0.2, -0.15) is 0 Å². The van der Waals surface area contributed by atoms with E-state index < -0.39 is 6.10 Å². The zero-order chi connectivity index (χ0) is 14.4. The molecule has 1 aromatic carbocycles. The first-order chi connectivity index (χ1) is 8.95. The molecule has 0 aliphatic carbocycles. The van der Waals surface area contributed by atoms with E-state index in [1.807, 2.05) is 0 Å². The lowest BCUT2D eigenvalue weighted by molar-refractivity contribution is 0.0380. The number of aliphatic hydroxyl groups excluding tert-OH is 1. The van der Waals surface area contributed by atoms with Gasteiger partial charge in [-0.1, -0.05) is 24.4 Å². The van der Waals surface area contributed by atoms with Crippen LogP contribution >= 0.6 is 12.2 Å². The number of methoxy groups -OCH3 is 1. The summed E-state index contributed by atoms with van der Waals surface area (Å²) in [5.74, 6) is -0.176. The van der Waals surface area contributed by atoms with Gasteiger partial charge in [-0.15, -0.1) is 0 Å². The maximum absolute atomic E-state index is 12.1. The smallest absolute Gasteiger partial charge is 0.253 e. The summed E-state index contributed by atoms with van der Waals surface area (Å²) in [4.78, 5) is 13.8. The maximum Gasteiger partial charge on any atom is 0.253 e. The van der Waals surface area contributed by atoms with E-state index in [-0.39, 0.29) is 19.1 Å². The Morgan fingerprint density at radius 2 is 1.95 bits per heavy atom.